The molecule has 30 heavy (non-hydrogen) atoms. The molecule has 1 heterocycles. The summed E-state index contributed by atoms with van der Waals surface area (Å²) in [7, 11) is 1.64. The number of nitrogens with one attached hydrogen (secondary N) is 1. The number of benzene rings is 2. The lowest BCUT2D eigenvalue weighted by molar-refractivity contribution is -0.121. The van der Waals surface area contributed by atoms with Crippen LogP contribution in [-0.2, 0) is 17.1 Å². The Morgan fingerprint density at radius 2 is 2.03 bits per heavy atom. The number of carbonyl (C=O) groups excluding carboxylic acids is 1. The Bertz CT molecular complexity index is 1030. The quantitative estimate of drug-likeness (QED) is 0.435. The minimum Gasteiger partial charge on any atom is -0.497 e. The molecular weight excluding hydrogens is 443 g/mol. The smallest absolute Gasteiger partial charge is 0.220 e. The zero-order valence-corrected chi connectivity index (χ0v) is 19.0. The summed E-state index contributed by atoms with van der Waals surface area (Å²) in [6.07, 6.45) is 1.25. The average Bonchev–Trinajstić information content (AvgIpc) is 3.13. The SMILES string of the molecule is CCCC(=O)NCc1nnc(SCc2cccc(OC)c2)n1-c1ccc(Cl)cc1Cl. The molecule has 3 rings (SSSR count). The van der Waals surface area contributed by atoms with Crippen LogP contribution in [0.1, 0.15) is 31.2 Å². The van der Waals surface area contributed by atoms with Gasteiger partial charge in [0.15, 0.2) is 11.0 Å². The molecule has 0 saturated heterocycles. The number of thioether (sulfide) groups is 1. The first-order valence-corrected chi connectivity index (χ1v) is 11.2. The molecule has 0 unspecified atom stereocenters. The molecule has 1 amide bonds. The van der Waals surface area contributed by atoms with Gasteiger partial charge in [-0.25, -0.2) is 0 Å². The van der Waals surface area contributed by atoms with Crippen LogP contribution in [0.5, 0.6) is 5.75 Å². The maximum atomic E-state index is 11.9. The van der Waals surface area contributed by atoms with Gasteiger partial charge in [-0.3, -0.25) is 9.36 Å². The lowest BCUT2D eigenvalue weighted by Crippen LogP contribution is -2.24. The molecule has 0 aliphatic heterocycles. The molecule has 0 fully saturated rings. The van der Waals surface area contributed by atoms with Gasteiger partial charge in [0.2, 0.25) is 5.91 Å². The Kier molecular flexibility index (Phi) is 8.01. The molecule has 1 N–H and O–H groups in total. The van der Waals surface area contributed by atoms with Gasteiger partial charge in [0, 0.05) is 17.2 Å². The van der Waals surface area contributed by atoms with E-state index in [1.54, 1.807) is 19.2 Å². The van der Waals surface area contributed by atoms with Crippen LogP contribution in [-0.4, -0.2) is 27.8 Å². The minimum atomic E-state index is -0.0279. The van der Waals surface area contributed by atoms with E-state index in [9.17, 15) is 4.79 Å². The summed E-state index contributed by atoms with van der Waals surface area (Å²) >= 11 is 14.0. The summed E-state index contributed by atoms with van der Waals surface area (Å²) in [5, 5.41) is 13.2. The van der Waals surface area contributed by atoms with Gasteiger partial charge in [-0.2, -0.15) is 0 Å². The summed E-state index contributed by atoms with van der Waals surface area (Å²) in [5.41, 5.74) is 1.80. The van der Waals surface area contributed by atoms with E-state index < -0.39 is 0 Å². The van der Waals surface area contributed by atoms with Crippen LogP contribution < -0.4 is 10.1 Å². The molecule has 0 bridgehead atoms. The molecule has 9 heteroatoms. The molecule has 6 nitrogen and oxygen atoms in total. The van der Waals surface area contributed by atoms with Crippen LogP contribution in [0.4, 0.5) is 0 Å². The molecule has 0 atom stereocenters. The Balaban J connectivity index is 1.89. The van der Waals surface area contributed by atoms with Crippen LogP contribution >= 0.6 is 35.0 Å². The summed E-state index contributed by atoms with van der Waals surface area (Å²) in [5.74, 6) is 2.04. The molecule has 3 aromatic rings. The second-order valence-electron chi connectivity index (χ2n) is 6.50. The number of methoxy groups -OCH3 is 1. The van der Waals surface area contributed by atoms with Gasteiger partial charge in [-0.1, -0.05) is 54.0 Å². The number of hydrogen-bond acceptors (Lipinski definition) is 5. The lowest BCUT2D eigenvalue weighted by Gasteiger charge is -2.13. The second-order valence-corrected chi connectivity index (χ2v) is 8.28. The first-order chi connectivity index (χ1) is 14.5. The van der Waals surface area contributed by atoms with E-state index in [4.69, 9.17) is 27.9 Å². The highest BCUT2D eigenvalue weighted by Crippen LogP contribution is 2.31. The Morgan fingerprint density at radius 3 is 2.77 bits per heavy atom. The normalized spacial score (nSPS) is 10.8. The summed E-state index contributed by atoms with van der Waals surface area (Å²) in [6, 6.07) is 13.1. The summed E-state index contributed by atoms with van der Waals surface area (Å²) in [6.45, 7) is 2.22. The number of ether oxygens (including phenoxy) is 1. The predicted octanol–water partition coefficient (Wildman–Crippen LogP) is 5.29. The largest absolute Gasteiger partial charge is 0.497 e. The van der Waals surface area contributed by atoms with Crippen LogP contribution in [0.15, 0.2) is 47.6 Å². The zero-order valence-electron chi connectivity index (χ0n) is 16.7. The van der Waals surface area contributed by atoms with Crippen molar-refractivity contribution in [3.63, 3.8) is 0 Å². The fourth-order valence-corrected chi connectivity index (χ4v) is 4.22. The van der Waals surface area contributed by atoms with Crippen molar-refractivity contribution in [2.24, 2.45) is 0 Å². The van der Waals surface area contributed by atoms with E-state index in [0.717, 1.165) is 17.7 Å². The standard InChI is InChI=1S/C21H22Cl2N4O2S/c1-3-5-20(28)24-12-19-25-26-21(27(19)18-9-8-15(22)11-17(18)23)30-13-14-6-4-7-16(10-14)29-2/h4,6-11H,3,5,12-13H2,1-2H3,(H,24,28). The monoisotopic (exact) mass is 464 g/mol. The van der Waals surface area contributed by atoms with Crippen molar-refractivity contribution in [2.45, 2.75) is 37.2 Å². The number of rotatable bonds is 9. The fourth-order valence-electron chi connectivity index (χ4n) is 2.82. The molecule has 0 saturated carbocycles. The van der Waals surface area contributed by atoms with Crippen molar-refractivity contribution >= 4 is 40.9 Å². The van der Waals surface area contributed by atoms with E-state index in [1.807, 2.05) is 41.8 Å². The maximum Gasteiger partial charge on any atom is 0.220 e. The van der Waals surface area contributed by atoms with E-state index in [2.05, 4.69) is 15.5 Å². The zero-order chi connectivity index (χ0) is 21.5. The van der Waals surface area contributed by atoms with Gasteiger partial charge in [-0.05, 0) is 42.3 Å². The van der Waals surface area contributed by atoms with Crippen LogP contribution in [0, 0.1) is 0 Å². The van der Waals surface area contributed by atoms with E-state index in [0.29, 0.717) is 38.9 Å². The lowest BCUT2D eigenvalue weighted by atomic mass is 10.2. The minimum absolute atomic E-state index is 0.0279. The molecule has 1 aromatic heterocycles. The molecule has 158 valence electrons. The number of nitrogens with zero attached hydrogens (tertiary/aromatic N) is 3. The van der Waals surface area contributed by atoms with Crippen molar-refractivity contribution in [3.05, 3.63) is 63.9 Å². The van der Waals surface area contributed by atoms with Crippen LogP contribution in [0.3, 0.4) is 0 Å². The second kappa shape index (κ2) is 10.7. The number of carbonyl (C=O) groups is 1. The van der Waals surface area contributed by atoms with Crippen molar-refractivity contribution < 1.29 is 9.53 Å². The Labute approximate surface area is 189 Å². The highest BCUT2D eigenvalue weighted by Gasteiger charge is 2.18. The molecule has 2 aromatic carbocycles. The Morgan fingerprint density at radius 1 is 1.20 bits per heavy atom. The van der Waals surface area contributed by atoms with Gasteiger partial charge in [0.25, 0.3) is 0 Å². The average molecular weight is 465 g/mol. The van der Waals surface area contributed by atoms with Crippen molar-refractivity contribution in [2.75, 3.05) is 7.11 Å². The summed E-state index contributed by atoms with van der Waals surface area (Å²) < 4.78 is 7.15. The predicted molar refractivity (Wildman–Crippen MR) is 121 cm³/mol. The molecule has 0 aliphatic rings. The van der Waals surface area contributed by atoms with Crippen molar-refractivity contribution in [3.8, 4) is 11.4 Å². The third kappa shape index (κ3) is 5.68. The van der Waals surface area contributed by atoms with Gasteiger partial charge in [0.05, 0.1) is 24.4 Å². The molecule has 0 aliphatic carbocycles. The number of amides is 1. The van der Waals surface area contributed by atoms with Gasteiger partial charge < -0.3 is 10.1 Å². The fraction of sp³-hybridized carbons (Fsp3) is 0.286. The Hall–Kier alpha value is -2.22. The van der Waals surface area contributed by atoms with Crippen molar-refractivity contribution in [1.29, 1.82) is 0 Å². The molecule has 0 radical (unpaired) electrons. The van der Waals surface area contributed by atoms with Gasteiger partial charge >= 0.3 is 0 Å². The summed E-state index contributed by atoms with van der Waals surface area (Å²) in [4.78, 5) is 11.9. The van der Waals surface area contributed by atoms with Crippen LogP contribution in [0.2, 0.25) is 10.0 Å². The molecule has 0 spiro atoms. The van der Waals surface area contributed by atoms with Gasteiger partial charge in [0.1, 0.15) is 5.75 Å². The third-order valence-electron chi connectivity index (χ3n) is 4.27. The number of hydrogen-bond donors (Lipinski definition) is 1. The van der Waals surface area contributed by atoms with Crippen molar-refractivity contribution in [1.82, 2.24) is 20.1 Å². The third-order valence-corrected chi connectivity index (χ3v) is 5.81. The molecular formula is C21H22Cl2N4O2S. The number of halogens is 2. The van der Waals surface area contributed by atoms with Gasteiger partial charge in [-0.15, -0.1) is 10.2 Å². The van der Waals surface area contributed by atoms with E-state index in [-0.39, 0.29) is 12.5 Å². The van der Waals surface area contributed by atoms with E-state index >= 15 is 0 Å². The first-order valence-electron chi connectivity index (χ1n) is 9.44. The highest BCUT2D eigenvalue weighted by atomic mass is 35.5. The maximum absolute atomic E-state index is 11.9. The number of aromatic nitrogens is 3. The van der Waals surface area contributed by atoms with E-state index in [1.165, 1.54) is 11.8 Å². The highest BCUT2D eigenvalue weighted by molar-refractivity contribution is 7.98. The van der Waals surface area contributed by atoms with Crippen LogP contribution in [0.25, 0.3) is 5.69 Å². The first kappa shape index (κ1) is 22.5. The topological polar surface area (TPSA) is 69.0 Å².